The second kappa shape index (κ2) is 6.68. The highest BCUT2D eigenvalue weighted by atomic mass is 16.5. The smallest absolute Gasteiger partial charge is 0.224 e. The largest absolute Gasteiger partial charge is 0.378 e. The zero-order chi connectivity index (χ0) is 13.7. The first kappa shape index (κ1) is 14.8. The van der Waals surface area contributed by atoms with E-state index in [1.165, 1.54) is 0 Å². The molecule has 110 valence electrons. The van der Waals surface area contributed by atoms with Crippen molar-refractivity contribution >= 4 is 5.91 Å². The molecule has 1 amide bonds. The molecular weight excluding hydrogens is 244 g/mol. The van der Waals surface area contributed by atoms with E-state index < -0.39 is 0 Å². The third kappa shape index (κ3) is 4.16. The fourth-order valence-electron chi connectivity index (χ4n) is 2.71. The van der Waals surface area contributed by atoms with Crippen molar-refractivity contribution < 1.29 is 14.3 Å². The lowest BCUT2D eigenvalue weighted by Gasteiger charge is -2.22. The van der Waals surface area contributed by atoms with E-state index in [-0.39, 0.29) is 17.4 Å². The SMILES string of the molecule is CC1(CN)CCN(C(=O)CCOCC2CCCO2)C1. The first-order valence-electron chi connectivity index (χ1n) is 7.30. The predicted molar refractivity (Wildman–Crippen MR) is 72.8 cm³/mol. The predicted octanol–water partition coefficient (Wildman–Crippen LogP) is 0.769. The fraction of sp³-hybridized carbons (Fsp3) is 0.929. The zero-order valence-corrected chi connectivity index (χ0v) is 11.9. The quantitative estimate of drug-likeness (QED) is 0.724. The van der Waals surface area contributed by atoms with Crippen LogP contribution in [0.25, 0.3) is 0 Å². The van der Waals surface area contributed by atoms with E-state index in [1.807, 2.05) is 4.90 Å². The van der Waals surface area contributed by atoms with Crippen LogP contribution in [0.3, 0.4) is 0 Å². The van der Waals surface area contributed by atoms with Crippen LogP contribution >= 0.6 is 0 Å². The summed E-state index contributed by atoms with van der Waals surface area (Å²) in [6.07, 6.45) is 3.91. The molecule has 0 aromatic carbocycles. The number of likely N-dealkylation sites (tertiary alicyclic amines) is 1. The average Bonchev–Trinajstić information content (AvgIpc) is 3.04. The summed E-state index contributed by atoms with van der Waals surface area (Å²) in [6.45, 7) is 6.37. The summed E-state index contributed by atoms with van der Waals surface area (Å²) in [5, 5.41) is 0. The van der Waals surface area contributed by atoms with Crippen molar-refractivity contribution in [3.63, 3.8) is 0 Å². The van der Waals surface area contributed by atoms with Crippen molar-refractivity contribution in [1.29, 1.82) is 0 Å². The minimum Gasteiger partial charge on any atom is -0.378 e. The highest BCUT2D eigenvalue weighted by Gasteiger charge is 2.34. The van der Waals surface area contributed by atoms with Gasteiger partial charge in [0.1, 0.15) is 0 Å². The summed E-state index contributed by atoms with van der Waals surface area (Å²) in [5.41, 5.74) is 5.85. The molecule has 0 aliphatic carbocycles. The van der Waals surface area contributed by atoms with Gasteiger partial charge in [0.25, 0.3) is 0 Å². The normalized spacial score (nSPS) is 31.1. The molecule has 19 heavy (non-hydrogen) atoms. The maximum absolute atomic E-state index is 12.0. The minimum absolute atomic E-state index is 0.105. The summed E-state index contributed by atoms with van der Waals surface area (Å²) in [6, 6.07) is 0. The lowest BCUT2D eigenvalue weighted by Crippen LogP contribution is -2.35. The number of carbonyl (C=O) groups excluding carboxylic acids is 1. The van der Waals surface area contributed by atoms with Gasteiger partial charge in [-0.25, -0.2) is 0 Å². The topological polar surface area (TPSA) is 64.8 Å². The third-order valence-corrected chi connectivity index (χ3v) is 4.19. The molecule has 2 N–H and O–H groups in total. The molecule has 2 atom stereocenters. The summed E-state index contributed by atoms with van der Waals surface area (Å²) in [7, 11) is 0. The summed E-state index contributed by atoms with van der Waals surface area (Å²) in [4.78, 5) is 13.9. The molecule has 2 unspecified atom stereocenters. The standard InChI is InChI=1S/C14H26N2O3/c1-14(10-15)5-6-16(11-14)13(17)4-8-18-9-12-3-2-7-19-12/h12H,2-11,15H2,1H3. The van der Waals surface area contributed by atoms with Gasteiger partial charge < -0.3 is 20.1 Å². The maximum Gasteiger partial charge on any atom is 0.224 e. The Morgan fingerprint density at radius 2 is 2.42 bits per heavy atom. The Morgan fingerprint density at radius 1 is 1.58 bits per heavy atom. The number of hydrogen-bond acceptors (Lipinski definition) is 4. The molecule has 2 rings (SSSR count). The van der Waals surface area contributed by atoms with Crippen LogP contribution in [0.1, 0.15) is 32.6 Å². The van der Waals surface area contributed by atoms with Gasteiger partial charge >= 0.3 is 0 Å². The molecule has 5 nitrogen and oxygen atoms in total. The molecule has 0 bridgehead atoms. The van der Waals surface area contributed by atoms with E-state index in [0.717, 1.165) is 39.0 Å². The van der Waals surface area contributed by atoms with Crippen LogP contribution in [0.5, 0.6) is 0 Å². The molecule has 2 saturated heterocycles. The van der Waals surface area contributed by atoms with Gasteiger partial charge in [-0.1, -0.05) is 6.92 Å². The summed E-state index contributed by atoms with van der Waals surface area (Å²) >= 11 is 0. The molecule has 2 fully saturated rings. The molecule has 2 aliphatic heterocycles. The number of nitrogens with zero attached hydrogens (tertiary/aromatic N) is 1. The highest BCUT2D eigenvalue weighted by Crippen LogP contribution is 2.28. The molecule has 0 spiro atoms. The molecule has 2 heterocycles. The van der Waals surface area contributed by atoms with Gasteiger partial charge in [0.15, 0.2) is 0 Å². The van der Waals surface area contributed by atoms with Crippen LogP contribution in [-0.2, 0) is 14.3 Å². The lowest BCUT2D eigenvalue weighted by atomic mass is 9.90. The number of nitrogens with two attached hydrogens (primary N) is 1. The van der Waals surface area contributed by atoms with Crippen molar-refractivity contribution in [2.75, 3.05) is 39.5 Å². The molecule has 0 saturated carbocycles. The van der Waals surface area contributed by atoms with E-state index in [4.69, 9.17) is 15.2 Å². The Morgan fingerprint density at radius 3 is 3.05 bits per heavy atom. The fourth-order valence-corrected chi connectivity index (χ4v) is 2.71. The highest BCUT2D eigenvalue weighted by molar-refractivity contribution is 5.76. The number of amides is 1. The van der Waals surface area contributed by atoms with Crippen LogP contribution in [0, 0.1) is 5.41 Å². The van der Waals surface area contributed by atoms with E-state index in [1.54, 1.807) is 0 Å². The second-order valence-electron chi connectivity index (χ2n) is 6.04. The zero-order valence-electron chi connectivity index (χ0n) is 11.9. The van der Waals surface area contributed by atoms with Crippen molar-refractivity contribution in [3.05, 3.63) is 0 Å². The van der Waals surface area contributed by atoms with Gasteiger partial charge in [-0.3, -0.25) is 4.79 Å². The summed E-state index contributed by atoms with van der Waals surface area (Å²) < 4.78 is 11.0. The Bertz CT molecular complexity index is 305. The van der Waals surface area contributed by atoms with Gasteiger partial charge in [0.05, 0.1) is 25.7 Å². The van der Waals surface area contributed by atoms with Crippen LogP contribution in [0.2, 0.25) is 0 Å². The Balaban J connectivity index is 1.59. The van der Waals surface area contributed by atoms with E-state index >= 15 is 0 Å². The monoisotopic (exact) mass is 270 g/mol. The average molecular weight is 270 g/mol. The van der Waals surface area contributed by atoms with E-state index in [0.29, 0.717) is 26.2 Å². The maximum atomic E-state index is 12.0. The number of hydrogen-bond donors (Lipinski definition) is 1. The molecular formula is C14H26N2O3. The first-order chi connectivity index (χ1) is 9.13. The molecule has 0 aromatic rings. The van der Waals surface area contributed by atoms with Crippen LogP contribution in [0.15, 0.2) is 0 Å². The second-order valence-corrected chi connectivity index (χ2v) is 6.04. The lowest BCUT2D eigenvalue weighted by molar-refractivity contribution is -0.131. The van der Waals surface area contributed by atoms with Crippen LogP contribution < -0.4 is 5.73 Å². The molecule has 5 heteroatoms. The Kier molecular flexibility index (Phi) is 5.19. The number of carbonyl (C=O) groups is 1. The Labute approximate surface area is 115 Å². The van der Waals surface area contributed by atoms with Gasteiger partial charge in [-0.15, -0.1) is 0 Å². The van der Waals surface area contributed by atoms with Crippen molar-refractivity contribution in [2.24, 2.45) is 11.1 Å². The van der Waals surface area contributed by atoms with Crippen LogP contribution in [-0.4, -0.2) is 56.4 Å². The van der Waals surface area contributed by atoms with Crippen molar-refractivity contribution in [1.82, 2.24) is 4.90 Å². The van der Waals surface area contributed by atoms with Gasteiger partial charge in [0.2, 0.25) is 5.91 Å². The van der Waals surface area contributed by atoms with Crippen molar-refractivity contribution in [2.45, 2.75) is 38.7 Å². The molecule has 0 aromatic heterocycles. The van der Waals surface area contributed by atoms with Gasteiger partial charge in [0, 0.05) is 19.7 Å². The van der Waals surface area contributed by atoms with E-state index in [9.17, 15) is 4.79 Å². The summed E-state index contributed by atoms with van der Waals surface area (Å²) in [5.74, 6) is 0.185. The van der Waals surface area contributed by atoms with Crippen LogP contribution in [0.4, 0.5) is 0 Å². The number of rotatable bonds is 6. The molecule has 0 radical (unpaired) electrons. The first-order valence-corrected chi connectivity index (χ1v) is 7.30. The van der Waals surface area contributed by atoms with E-state index in [2.05, 4.69) is 6.92 Å². The number of ether oxygens (including phenoxy) is 2. The molecule has 2 aliphatic rings. The van der Waals surface area contributed by atoms with Crippen molar-refractivity contribution in [3.8, 4) is 0 Å². The minimum atomic E-state index is 0.105. The van der Waals surface area contributed by atoms with Gasteiger partial charge in [-0.05, 0) is 31.2 Å². The Hall–Kier alpha value is -0.650. The third-order valence-electron chi connectivity index (χ3n) is 4.19. The van der Waals surface area contributed by atoms with Gasteiger partial charge in [-0.2, -0.15) is 0 Å².